The summed E-state index contributed by atoms with van der Waals surface area (Å²) in [5.74, 6) is 0.478. The molecule has 2 rings (SSSR count). The molecule has 0 aliphatic rings. The van der Waals surface area contributed by atoms with Gasteiger partial charge in [0.15, 0.2) is 11.6 Å². The number of para-hydroxylation sites is 1. The Kier molecular flexibility index (Phi) is 4.58. The minimum absolute atomic E-state index is 0.200. The Morgan fingerprint density at radius 3 is 2.60 bits per heavy atom. The van der Waals surface area contributed by atoms with Crippen LogP contribution in [0.15, 0.2) is 42.5 Å². The number of hydrogen-bond acceptors (Lipinski definition) is 3. The predicted molar refractivity (Wildman–Crippen MR) is 76.6 cm³/mol. The molecule has 1 atom stereocenters. The average Bonchev–Trinajstić information content (AvgIpc) is 2.48. The summed E-state index contributed by atoms with van der Waals surface area (Å²) in [7, 11) is 1.58. The van der Waals surface area contributed by atoms with Crippen molar-refractivity contribution in [3.63, 3.8) is 0 Å². The van der Waals surface area contributed by atoms with Crippen LogP contribution in [0.2, 0.25) is 0 Å². The zero-order valence-corrected chi connectivity index (χ0v) is 11.6. The Hall–Kier alpha value is -2.07. The molecule has 4 heteroatoms. The van der Waals surface area contributed by atoms with Crippen LogP contribution in [0.25, 0.3) is 0 Å². The standard InChI is InChI=1S/C16H18FNO2/c1-11-7-8-13(17)15(9-11)20-16(10-18)12-5-3-4-6-14(12)19-2/h3-9,16H,10,18H2,1-2H3. The zero-order valence-electron chi connectivity index (χ0n) is 11.6. The summed E-state index contributed by atoms with van der Waals surface area (Å²) >= 11 is 0. The fraction of sp³-hybridized carbons (Fsp3) is 0.250. The van der Waals surface area contributed by atoms with Crippen LogP contribution in [0, 0.1) is 12.7 Å². The molecule has 0 aliphatic heterocycles. The number of hydrogen-bond donors (Lipinski definition) is 1. The van der Waals surface area contributed by atoms with Crippen LogP contribution in [0.4, 0.5) is 4.39 Å². The van der Waals surface area contributed by atoms with Gasteiger partial charge in [-0.15, -0.1) is 0 Å². The van der Waals surface area contributed by atoms with E-state index in [4.69, 9.17) is 15.2 Å². The van der Waals surface area contributed by atoms with E-state index < -0.39 is 11.9 Å². The molecule has 0 fully saturated rings. The van der Waals surface area contributed by atoms with Gasteiger partial charge in [-0.25, -0.2) is 4.39 Å². The van der Waals surface area contributed by atoms with Crippen molar-refractivity contribution in [1.82, 2.24) is 0 Å². The summed E-state index contributed by atoms with van der Waals surface area (Å²) in [6.07, 6.45) is -0.456. The number of methoxy groups -OCH3 is 1. The van der Waals surface area contributed by atoms with E-state index in [2.05, 4.69) is 0 Å². The Morgan fingerprint density at radius 1 is 1.15 bits per heavy atom. The van der Waals surface area contributed by atoms with Gasteiger partial charge in [-0.1, -0.05) is 24.3 Å². The topological polar surface area (TPSA) is 44.5 Å². The van der Waals surface area contributed by atoms with E-state index in [1.807, 2.05) is 31.2 Å². The first-order valence-electron chi connectivity index (χ1n) is 6.41. The summed E-state index contributed by atoms with van der Waals surface area (Å²) in [6, 6.07) is 12.2. The summed E-state index contributed by atoms with van der Waals surface area (Å²) < 4.78 is 24.8. The van der Waals surface area contributed by atoms with E-state index in [0.717, 1.165) is 11.1 Å². The maximum atomic E-state index is 13.8. The van der Waals surface area contributed by atoms with Crippen molar-refractivity contribution < 1.29 is 13.9 Å². The second kappa shape index (κ2) is 6.39. The Labute approximate surface area is 118 Å². The minimum atomic E-state index is -0.456. The molecule has 0 radical (unpaired) electrons. The molecule has 0 spiro atoms. The molecule has 0 aromatic heterocycles. The van der Waals surface area contributed by atoms with Crippen molar-refractivity contribution in [3.05, 3.63) is 59.4 Å². The molecule has 106 valence electrons. The van der Waals surface area contributed by atoms with Gasteiger partial charge >= 0.3 is 0 Å². The molecule has 0 heterocycles. The third-order valence-corrected chi connectivity index (χ3v) is 3.06. The highest BCUT2D eigenvalue weighted by molar-refractivity contribution is 5.37. The van der Waals surface area contributed by atoms with Crippen molar-refractivity contribution in [2.75, 3.05) is 13.7 Å². The molecule has 0 saturated carbocycles. The molecule has 0 saturated heterocycles. The van der Waals surface area contributed by atoms with Crippen LogP contribution in [0.3, 0.4) is 0 Å². The first kappa shape index (κ1) is 14.3. The van der Waals surface area contributed by atoms with Crippen molar-refractivity contribution in [3.8, 4) is 11.5 Å². The van der Waals surface area contributed by atoms with E-state index in [1.54, 1.807) is 19.2 Å². The normalized spacial score (nSPS) is 12.0. The van der Waals surface area contributed by atoms with Gasteiger partial charge in [0.25, 0.3) is 0 Å². The lowest BCUT2D eigenvalue weighted by Crippen LogP contribution is -2.19. The molecule has 2 N–H and O–H groups in total. The van der Waals surface area contributed by atoms with E-state index in [1.165, 1.54) is 6.07 Å². The number of halogens is 1. The van der Waals surface area contributed by atoms with E-state index in [9.17, 15) is 4.39 Å². The molecule has 3 nitrogen and oxygen atoms in total. The Morgan fingerprint density at radius 2 is 1.90 bits per heavy atom. The van der Waals surface area contributed by atoms with Crippen molar-refractivity contribution in [2.24, 2.45) is 5.73 Å². The van der Waals surface area contributed by atoms with Gasteiger partial charge in [-0.2, -0.15) is 0 Å². The smallest absolute Gasteiger partial charge is 0.165 e. The molecule has 0 amide bonds. The van der Waals surface area contributed by atoms with Gasteiger partial charge in [-0.05, 0) is 30.7 Å². The van der Waals surface area contributed by atoms with Crippen LogP contribution in [0.1, 0.15) is 17.2 Å². The monoisotopic (exact) mass is 275 g/mol. The lowest BCUT2D eigenvalue weighted by Gasteiger charge is -2.20. The Balaban J connectivity index is 2.31. The molecular weight excluding hydrogens is 257 g/mol. The van der Waals surface area contributed by atoms with Crippen LogP contribution < -0.4 is 15.2 Å². The summed E-state index contributed by atoms with van der Waals surface area (Å²) in [5.41, 5.74) is 7.49. The second-order valence-corrected chi connectivity index (χ2v) is 4.52. The molecule has 0 bridgehead atoms. The number of ether oxygens (including phenoxy) is 2. The second-order valence-electron chi connectivity index (χ2n) is 4.52. The first-order valence-corrected chi connectivity index (χ1v) is 6.41. The predicted octanol–water partition coefficient (Wildman–Crippen LogP) is 3.22. The third kappa shape index (κ3) is 3.08. The lowest BCUT2D eigenvalue weighted by atomic mass is 10.1. The van der Waals surface area contributed by atoms with E-state index in [0.29, 0.717) is 5.75 Å². The highest BCUT2D eigenvalue weighted by atomic mass is 19.1. The van der Waals surface area contributed by atoms with Crippen molar-refractivity contribution in [1.29, 1.82) is 0 Å². The fourth-order valence-corrected chi connectivity index (χ4v) is 2.03. The minimum Gasteiger partial charge on any atom is -0.496 e. The summed E-state index contributed by atoms with van der Waals surface area (Å²) in [5, 5.41) is 0. The van der Waals surface area contributed by atoms with Crippen LogP contribution in [-0.4, -0.2) is 13.7 Å². The molecule has 2 aromatic carbocycles. The zero-order chi connectivity index (χ0) is 14.5. The first-order chi connectivity index (χ1) is 9.65. The van der Waals surface area contributed by atoms with Gasteiger partial charge in [0.05, 0.1) is 7.11 Å². The van der Waals surface area contributed by atoms with Gasteiger partial charge in [0, 0.05) is 12.1 Å². The number of benzene rings is 2. The van der Waals surface area contributed by atoms with E-state index >= 15 is 0 Å². The van der Waals surface area contributed by atoms with Crippen LogP contribution in [-0.2, 0) is 0 Å². The van der Waals surface area contributed by atoms with Crippen LogP contribution in [0.5, 0.6) is 11.5 Å². The Bertz CT molecular complexity index is 586. The van der Waals surface area contributed by atoms with Crippen molar-refractivity contribution >= 4 is 0 Å². The highest BCUT2D eigenvalue weighted by Gasteiger charge is 2.17. The summed E-state index contributed by atoms with van der Waals surface area (Å²) in [4.78, 5) is 0. The molecule has 20 heavy (non-hydrogen) atoms. The number of rotatable bonds is 5. The maximum Gasteiger partial charge on any atom is 0.165 e. The molecule has 2 aromatic rings. The maximum absolute atomic E-state index is 13.8. The largest absolute Gasteiger partial charge is 0.496 e. The lowest BCUT2D eigenvalue weighted by molar-refractivity contribution is 0.199. The van der Waals surface area contributed by atoms with Gasteiger partial charge in [0.2, 0.25) is 0 Å². The van der Waals surface area contributed by atoms with Crippen molar-refractivity contribution in [2.45, 2.75) is 13.0 Å². The van der Waals surface area contributed by atoms with E-state index in [-0.39, 0.29) is 12.3 Å². The number of nitrogens with two attached hydrogens (primary N) is 1. The van der Waals surface area contributed by atoms with Gasteiger partial charge < -0.3 is 15.2 Å². The SMILES string of the molecule is COc1ccccc1C(CN)Oc1cc(C)ccc1F. The van der Waals surface area contributed by atoms with Crippen LogP contribution >= 0.6 is 0 Å². The number of aryl methyl sites for hydroxylation is 1. The highest BCUT2D eigenvalue weighted by Crippen LogP contribution is 2.30. The molecular formula is C16H18FNO2. The summed E-state index contributed by atoms with van der Waals surface area (Å²) in [6.45, 7) is 2.11. The fourth-order valence-electron chi connectivity index (χ4n) is 2.03. The van der Waals surface area contributed by atoms with Gasteiger partial charge in [0.1, 0.15) is 11.9 Å². The van der Waals surface area contributed by atoms with Gasteiger partial charge in [-0.3, -0.25) is 0 Å². The quantitative estimate of drug-likeness (QED) is 0.911. The molecule has 1 unspecified atom stereocenters. The third-order valence-electron chi connectivity index (χ3n) is 3.06. The molecule has 0 aliphatic carbocycles. The average molecular weight is 275 g/mol.